The van der Waals surface area contributed by atoms with E-state index in [4.69, 9.17) is 0 Å². The monoisotopic (exact) mass is 441 g/mol. The number of Topliss-reactive ketones (excluding diaryl/α,β-unsaturated/α-hetero) is 1. The second-order valence-corrected chi connectivity index (χ2v) is 7.81. The topological polar surface area (TPSA) is 94.6 Å². The van der Waals surface area contributed by atoms with Crippen molar-refractivity contribution < 1.29 is 18.8 Å². The van der Waals surface area contributed by atoms with Gasteiger partial charge in [0, 0.05) is 58.1 Å². The molecule has 1 aliphatic heterocycles. The molecule has 1 fully saturated rings. The minimum absolute atomic E-state index is 0.0256. The number of amides is 2. The van der Waals surface area contributed by atoms with Gasteiger partial charge < -0.3 is 15.5 Å². The molecular weight excluding hydrogens is 413 g/mol. The first-order valence-corrected chi connectivity index (χ1v) is 10.6. The lowest BCUT2D eigenvalue weighted by Crippen LogP contribution is -2.47. The molecule has 0 bridgehead atoms. The number of pyridine rings is 1. The van der Waals surface area contributed by atoms with E-state index < -0.39 is 0 Å². The number of nitrogens with zero attached hydrogens (tertiary/aromatic N) is 3. The van der Waals surface area contributed by atoms with Crippen LogP contribution in [0.5, 0.6) is 0 Å². The second-order valence-electron chi connectivity index (χ2n) is 7.81. The molecule has 9 heteroatoms. The molecule has 0 saturated carbocycles. The Kier molecular flexibility index (Phi) is 7.88. The first-order chi connectivity index (χ1) is 15.3. The highest BCUT2D eigenvalue weighted by atomic mass is 19.1. The van der Waals surface area contributed by atoms with Crippen LogP contribution in [0.25, 0.3) is 0 Å². The van der Waals surface area contributed by atoms with Crippen LogP contribution >= 0.6 is 0 Å². The van der Waals surface area contributed by atoms with E-state index in [1.54, 1.807) is 12.3 Å². The summed E-state index contributed by atoms with van der Waals surface area (Å²) in [5.74, 6) is -0.0547. The number of piperazine rings is 1. The number of anilines is 3. The van der Waals surface area contributed by atoms with Gasteiger partial charge in [0.15, 0.2) is 5.78 Å². The van der Waals surface area contributed by atoms with Gasteiger partial charge in [-0.3, -0.25) is 19.3 Å². The Labute approximate surface area is 186 Å². The van der Waals surface area contributed by atoms with Gasteiger partial charge in [0.1, 0.15) is 11.6 Å². The van der Waals surface area contributed by atoms with E-state index in [-0.39, 0.29) is 23.4 Å². The normalized spacial score (nSPS) is 14.2. The largest absolute Gasteiger partial charge is 0.354 e. The van der Waals surface area contributed by atoms with Gasteiger partial charge >= 0.3 is 0 Å². The lowest BCUT2D eigenvalue weighted by molar-refractivity contribution is -0.115. The maximum atomic E-state index is 13.0. The highest BCUT2D eigenvalue weighted by Crippen LogP contribution is 2.26. The van der Waals surface area contributed by atoms with E-state index in [1.165, 1.54) is 38.1 Å². The van der Waals surface area contributed by atoms with Crippen LogP contribution in [0.2, 0.25) is 0 Å². The molecule has 2 aromatic rings. The smallest absolute Gasteiger partial charge is 0.221 e. The fourth-order valence-corrected chi connectivity index (χ4v) is 3.64. The van der Waals surface area contributed by atoms with E-state index in [0.717, 1.165) is 45.0 Å². The first kappa shape index (κ1) is 23.3. The molecule has 3 rings (SSSR count). The lowest BCUT2D eigenvalue weighted by Gasteiger charge is -2.35. The fourth-order valence-electron chi connectivity index (χ4n) is 3.64. The van der Waals surface area contributed by atoms with Crippen molar-refractivity contribution in [2.45, 2.75) is 26.7 Å². The number of hydrogen-bond donors (Lipinski definition) is 2. The van der Waals surface area contributed by atoms with Crippen LogP contribution in [0.4, 0.5) is 21.6 Å². The number of ketones is 1. The number of aromatic nitrogens is 1. The van der Waals surface area contributed by atoms with E-state index >= 15 is 0 Å². The van der Waals surface area contributed by atoms with Crippen molar-refractivity contribution in [2.75, 3.05) is 48.3 Å². The van der Waals surface area contributed by atoms with Crippen molar-refractivity contribution >= 4 is 34.8 Å². The van der Waals surface area contributed by atoms with Crippen LogP contribution in [0.15, 0.2) is 36.5 Å². The molecule has 2 heterocycles. The van der Waals surface area contributed by atoms with Crippen molar-refractivity contribution in [3.05, 3.63) is 47.9 Å². The van der Waals surface area contributed by atoms with Gasteiger partial charge in [-0.2, -0.15) is 0 Å². The average molecular weight is 442 g/mol. The van der Waals surface area contributed by atoms with Crippen LogP contribution < -0.4 is 15.5 Å². The summed E-state index contributed by atoms with van der Waals surface area (Å²) in [7, 11) is 0. The van der Waals surface area contributed by atoms with Gasteiger partial charge in [-0.25, -0.2) is 9.37 Å². The lowest BCUT2D eigenvalue weighted by atomic mass is 10.1. The van der Waals surface area contributed by atoms with Crippen LogP contribution in [-0.4, -0.2) is 60.2 Å². The van der Waals surface area contributed by atoms with Gasteiger partial charge in [0.25, 0.3) is 0 Å². The van der Waals surface area contributed by atoms with Crippen LogP contribution in [-0.2, 0) is 9.59 Å². The summed E-state index contributed by atoms with van der Waals surface area (Å²) < 4.78 is 13.0. The molecule has 0 unspecified atom stereocenters. The first-order valence-electron chi connectivity index (χ1n) is 10.6. The van der Waals surface area contributed by atoms with Gasteiger partial charge in [-0.1, -0.05) is 0 Å². The molecule has 1 saturated heterocycles. The van der Waals surface area contributed by atoms with Crippen molar-refractivity contribution in [2.24, 2.45) is 0 Å². The SMILES string of the molecule is CC(=O)Nc1cnc(N2CCN(CCCC(=O)c3ccc(F)cc3)CC2)cc1NC(C)=O. The Hall–Kier alpha value is -3.33. The Bertz CT molecular complexity index is 972. The van der Waals surface area contributed by atoms with Crippen molar-refractivity contribution in [3.8, 4) is 0 Å². The summed E-state index contributed by atoms with van der Waals surface area (Å²) in [4.78, 5) is 44.0. The molecule has 170 valence electrons. The third kappa shape index (κ3) is 6.58. The number of benzene rings is 1. The standard InChI is InChI=1S/C23H28FN5O3/c1-16(30)26-20-14-23(25-15-21(20)27-17(2)31)29-12-10-28(11-13-29)9-3-4-22(32)18-5-7-19(24)8-6-18/h5-8,14-15H,3-4,9-13H2,1-2H3,(H,27,31)(H,25,26,30). The van der Waals surface area contributed by atoms with Crippen LogP contribution in [0, 0.1) is 5.82 Å². The molecule has 1 aliphatic rings. The molecule has 1 aromatic carbocycles. The van der Waals surface area contributed by atoms with Crippen molar-refractivity contribution in [1.82, 2.24) is 9.88 Å². The number of halogens is 1. The molecule has 2 amide bonds. The van der Waals surface area contributed by atoms with E-state index in [0.29, 0.717) is 23.4 Å². The number of hydrogen-bond acceptors (Lipinski definition) is 6. The Morgan fingerprint density at radius 1 is 0.969 bits per heavy atom. The zero-order chi connectivity index (χ0) is 23.1. The van der Waals surface area contributed by atoms with Gasteiger partial charge in [-0.05, 0) is 37.2 Å². The van der Waals surface area contributed by atoms with E-state index in [9.17, 15) is 18.8 Å². The molecule has 0 spiro atoms. The second kappa shape index (κ2) is 10.8. The summed E-state index contributed by atoms with van der Waals surface area (Å²) in [5.41, 5.74) is 1.51. The summed E-state index contributed by atoms with van der Waals surface area (Å²) in [5, 5.41) is 5.41. The van der Waals surface area contributed by atoms with Gasteiger partial charge in [0.05, 0.1) is 17.6 Å². The van der Waals surface area contributed by atoms with Crippen molar-refractivity contribution in [3.63, 3.8) is 0 Å². The number of carbonyl (C=O) groups excluding carboxylic acids is 3. The Balaban J connectivity index is 1.50. The summed E-state index contributed by atoms with van der Waals surface area (Å²) in [6.45, 7) is 6.81. The molecule has 32 heavy (non-hydrogen) atoms. The van der Waals surface area contributed by atoms with Crippen molar-refractivity contribution in [1.29, 1.82) is 0 Å². The number of carbonyl (C=O) groups is 3. The zero-order valence-electron chi connectivity index (χ0n) is 18.4. The van der Waals surface area contributed by atoms with E-state index in [2.05, 4.69) is 25.4 Å². The summed E-state index contributed by atoms with van der Waals surface area (Å²) >= 11 is 0. The molecule has 8 nitrogen and oxygen atoms in total. The maximum absolute atomic E-state index is 13.0. The fraction of sp³-hybridized carbons (Fsp3) is 0.391. The number of rotatable bonds is 8. The maximum Gasteiger partial charge on any atom is 0.221 e. The number of nitrogens with one attached hydrogen (secondary N) is 2. The highest BCUT2D eigenvalue weighted by molar-refractivity contribution is 5.98. The third-order valence-corrected chi connectivity index (χ3v) is 5.25. The summed E-state index contributed by atoms with van der Waals surface area (Å²) in [6.07, 6.45) is 2.72. The van der Waals surface area contributed by atoms with Gasteiger partial charge in [-0.15, -0.1) is 0 Å². The third-order valence-electron chi connectivity index (χ3n) is 5.25. The van der Waals surface area contributed by atoms with Crippen LogP contribution in [0.3, 0.4) is 0 Å². The molecular formula is C23H28FN5O3. The molecule has 1 aromatic heterocycles. The summed E-state index contributed by atoms with van der Waals surface area (Å²) in [6, 6.07) is 7.43. The molecule has 0 atom stereocenters. The van der Waals surface area contributed by atoms with Gasteiger partial charge in [0.2, 0.25) is 11.8 Å². The quantitative estimate of drug-likeness (QED) is 0.612. The van der Waals surface area contributed by atoms with E-state index in [1.807, 2.05) is 0 Å². The Morgan fingerprint density at radius 2 is 1.59 bits per heavy atom. The molecule has 2 N–H and O–H groups in total. The predicted octanol–water partition coefficient (Wildman–Crippen LogP) is 2.92. The average Bonchev–Trinajstić information content (AvgIpc) is 2.75. The predicted molar refractivity (Wildman–Crippen MR) is 121 cm³/mol. The zero-order valence-corrected chi connectivity index (χ0v) is 18.4. The molecule has 0 radical (unpaired) electrons. The minimum Gasteiger partial charge on any atom is -0.354 e. The Morgan fingerprint density at radius 3 is 2.22 bits per heavy atom. The minimum atomic E-state index is -0.345. The molecule has 0 aliphatic carbocycles. The van der Waals surface area contributed by atoms with Crippen LogP contribution in [0.1, 0.15) is 37.0 Å². The highest BCUT2D eigenvalue weighted by Gasteiger charge is 2.19.